The van der Waals surface area contributed by atoms with Crippen LogP contribution < -0.4 is 0 Å². The number of carboxylic acid groups (broad SMARTS) is 1. The molecule has 0 unspecified atom stereocenters. The summed E-state index contributed by atoms with van der Waals surface area (Å²) in [5.74, 6) is -3.23. The number of rotatable bonds is 3. The quantitative estimate of drug-likeness (QED) is 0.885. The van der Waals surface area contributed by atoms with Crippen LogP contribution in [-0.4, -0.2) is 21.0 Å². The summed E-state index contributed by atoms with van der Waals surface area (Å²) in [6.07, 6.45) is 2.97. The summed E-state index contributed by atoms with van der Waals surface area (Å²) in [5, 5.41) is 8.95. The number of aromatic amines is 1. The Morgan fingerprint density at radius 3 is 2.47 bits per heavy atom. The van der Waals surface area contributed by atoms with Gasteiger partial charge in [-0.05, 0) is 23.9 Å². The van der Waals surface area contributed by atoms with Crippen LogP contribution in [0.2, 0.25) is 0 Å². The summed E-state index contributed by atoms with van der Waals surface area (Å²) >= 11 is 0.758. The monoisotopic (exact) mass is 256 g/mol. The number of imidazole rings is 1. The number of hydrogen-bond donors (Lipinski definition) is 2. The predicted octanol–water partition coefficient (Wildman–Crippen LogP) is 2.54. The first-order valence-corrected chi connectivity index (χ1v) is 5.29. The largest absolute Gasteiger partial charge is 0.478 e. The summed E-state index contributed by atoms with van der Waals surface area (Å²) in [6.45, 7) is 0. The van der Waals surface area contributed by atoms with Crippen molar-refractivity contribution in [2.75, 3.05) is 0 Å². The maximum Gasteiger partial charge on any atom is 0.335 e. The Morgan fingerprint density at radius 1 is 1.35 bits per heavy atom. The molecule has 0 fully saturated rings. The van der Waals surface area contributed by atoms with Crippen LogP contribution in [0.1, 0.15) is 10.4 Å². The molecule has 2 N–H and O–H groups in total. The number of aromatic nitrogens is 2. The highest BCUT2D eigenvalue weighted by molar-refractivity contribution is 7.99. The van der Waals surface area contributed by atoms with Crippen LogP contribution in [0.3, 0.4) is 0 Å². The SMILES string of the molecule is O=C(O)c1cc(F)c(Sc2ncc[nH]2)c(F)c1. The maximum atomic E-state index is 13.5. The van der Waals surface area contributed by atoms with Crippen molar-refractivity contribution in [1.29, 1.82) is 0 Å². The minimum Gasteiger partial charge on any atom is -0.478 e. The second-order valence-electron chi connectivity index (χ2n) is 3.07. The molecule has 4 nitrogen and oxygen atoms in total. The zero-order valence-electron chi connectivity index (χ0n) is 8.28. The normalized spacial score (nSPS) is 10.5. The number of aromatic carboxylic acids is 1. The number of benzene rings is 1. The van der Waals surface area contributed by atoms with Gasteiger partial charge in [0.1, 0.15) is 11.6 Å². The Balaban J connectivity index is 2.38. The molecule has 2 aromatic rings. The molecule has 0 spiro atoms. The highest BCUT2D eigenvalue weighted by Gasteiger charge is 2.16. The van der Waals surface area contributed by atoms with Crippen molar-refractivity contribution in [1.82, 2.24) is 9.97 Å². The summed E-state index contributed by atoms with van der Waals surface area (Å²) in [5.41, 5.74) is -0.427. The van der Waals surface area contributed by atoms with E-state index in [1.165, 1.54) is 12.4 Å². The van der Waals surface area contributed by atoms with Crippen molar-refractivity contribution in [2.45, 2.75) is 10.1 Å². The minimum absolute atomic E-state index is 0.287. The van der Waals surface area contributed by atoms with Gasteiger partial charge < -0.3 is 10.1 Å². The van der Waals surface area contributed by atoms with E-state index in [9.17, 15) is 13.6 Å². The highest BCUT2D eigenvalue weighted by atomic mass is 32.2. The molecule has 0 saturated heterocycles. The number of hydrogen-bond acceptors (Lipinski definition) is 3. The highest BCUT2D eigenvalue weighted by Crippen LogP contribution is 2.30. The third kappa shape index (κ3) is 2.44. The molecule has 1 aromatic heterocycles. The molecule has 0 aliphatic rings. The van der Waals surface area contributed by atoms with E-state index < -0.39 is 23.2 Å². The van der Waals surface area contributed by atoms with E-state index in [-0.39, 0.29) is 4.90 Å². The topological polar surface area (TPSA) is 66.0 Å². The Bertz CT molecular complexity index is 534. The van der Waals surface area contributed by atoms with Gasteiger partial charge in [-0.2, -0.15) is 0 Å². The van der Waals surface area contributed by atoms with E-state index in [2.05, 4.69) is 9.97 Å². The first kappa shape index (κ1) is 11.6. The maximum absolute atomic E-state index is 13.5. The molecule has 0 saturated carbocycles. The molecule has 0 radical (unpaired) electrons. The fourth-order valence-corrected chi connectivity index (χ4v) is 1.93. The van der Waals surface area contributed by atoms with Crippen molar-refractivity contribution in [3.8, 4) is 0 Å². The van der Waals surface area contributed by atoms with Crippen LogP contribution in [0, 0.1) is 11.6 Å². The molecule has 1 aromatic carbocycles. The second-order valence-corrected chi connectivity index (χ2v) is 4.07. The van der Waals surface area contributed by atoms with Crippen molar-refractivity contribution in [2.24, 2.45) is 0 Å². The van der Waals surface area contributed by atoms with Crippen LogP contribution >= 0.6 is 11.8 Å². The Hall–Kier alpha value is -1.89. The Labute approximate surface area is 98.7 Å². The summed E-state index contributed by atoms with van der Waals surface area (Å²) < 4.78 is 27.0. The lowest BCUT2D eigenvalue weighted by atomic mass is 10.2. The van der Waals surface area contributed by atoms with Gasteiger partial charge in [0.25, 0.3) is 0 Å². The van der Waals surface area contributed by atoms with E-state index >= 15 is 0 Å². The van der Waals surface area contributed by atoms with Crippen LogP contribution in [0.4, 0.5) is 8.78 Å². The molecular weight excluding hydrogens is 250 g/mol. The lowest BCUT2D eigenvalue weighted by molar-refractivity contribution is 0.0695. The molecule has 7 heteroatoms. The average Bonchev–Trinajstić information content (AvgIpc) is 2.75. The van der Waals surface area contributed by atoms with Gasteiger partial charge in [-0.1, -0.05) is 0 Å². The van der Waals surface area contributed by atoms with E-state index in [1.807, 2.05) is 0 Å². The fraction of sp³-hybridized carbons (Fsp3) is 0. The van der Waals surface area contributed by atoms with Gasteiger partial charge in [0.05, 0.1) is 10.5 Å². The van der Waals surface area contributed by atoms with E-state index in [4.69, 9.17) is 5.11 Å². The van der Waals surface area contributed by atoms with Crippen LogP contribution in [0.15, 0.2) is 34.6 Å². The Kier molecular flexibility index (Phi) is 3.10. The molecule has 0 amide bonds. The first-order chi connectivity index (χ1) is 8.08. The summed E-state index contributed by atoms with van der Waals surface area (Å²) in [4.78, 5) is 16.8. The zero-order valence-corrected chi connectivity index (χ0v) is 9.09. The number of carboxylic acids is 1. The molecular formula is C10H6F2N2O2S. The van der Waals surface area contributed by atoms with Crippen LogP contribution in [-0.2, 0) is 0 Å². The molecule has 1 heterocycles. The van der Waals surface area contributed by atoms with E-state index in [0.29, 0.717) is 5.16 Å². The molecule has 0 bridgehead atoms. The van der Waals surface area contributed by atoms with Crippen LogP contribution in [0.25, 0.3) is 0 Å². The number of nitrogens with zero attached hydrogens (tertiary/aromatic N) is 1. The van der Waals surface area contributed by atoms with Gasteiger partial charge >= 0.3 is 5.97 Å². The Morgan fingerprint density at radius 2 is 2.00 bits per heavy atom. The lowest BCUT2D eigenvalue weighted by Gasteiger charge is -2.03. The van der Waals surface area contributed by atoms with Crippen molar-refractivity contribution in [3.63, 3.8) is 0 Å². The number of nitrogens with one attached hydrogen (secondary N) is 1. The minimum atomic E-state index is -1.38. The van der Waals surface area contributed by atoms with Crippen molar-refractivity contribution >= 4 is 17.7 Å². The van der Waals surface area contributed by atoms with Crippen molar-refractivity contribution in [3.05, 3.63) is 41.7 Å². The molecule has 88 valence electrons. The van der Waals surface area contributed by atoms with Gasteiger partial charge in [-0.15, -0.1) is 0 Å². The zero-order chi connectivity index (χ0) is 12.4. The molecule has 2 rings (SSSR count). The molecule has 17 heavy (non-hydrogen) atoms. The van der Waals surface area contributed by atoms with Gasteiger partial charge in [-0.3, -0.25) is 0 Å². The molecule has 0 aliphatic heterocycles. The molecule has 0 aliphatic carbocycles. The number of H-pyrrole nitrogens is 1. The van der Waals surface area contributed by atoms with Gasteiger partial charge in [-0.25, -0.2) is 18.6 Å². The smallest absolute Gasteiger partial charge is 0.335 e. The first-order valence-electron chi connectivity index (χ1n) is 4.47. The second kappa shape index (κ2) is 4.54. The predicted molar refractivity (Wildman–Crippen MR) is 56.0 cm³/mol. The summed E-state index contributed by atoms with van der Waals surface area (Å²) in [6, 6.07) is 1.55. The van der Waals surface area contributed by atoms with E-state index in [1.54, 1.807) is 0 Å². The van der Waals surface area contributed by atoms with Crippen LogP contribution in [0.5, 0.6) is 0 Å². The van der Waals surface area contributed by atoms with Crippen molar-refractivity contribution < 1.29 is 18.7 Å². The third-order valence-corrected chi connectivity index (χ3v) is 2.93. The van der Waals surface area contributed by atoms with Gasteiger partial charge in [0.2, 0.25) is 0 Å². The number of carbonyl (C=O) groups is 1. The van der Waals surface area contributed by atoms with Gasteiger partial charge in [0.15, 0.2) is 5.16 Å². The standard InChI is InChI=1S/C10H6F2N2O2S/c11-6-3-5(9(15)16)4-7(12)8(6)17-10-13-1-2-14-10/h1-4H,(H,13,14)(H,15,16). The van der Waals surface area contributed by atoms with Gasteiger partial charge in [0, 0.05) is 12.4 Å². The summed E-state index contributed by atoms with van der Waals surface area (Å²) in [7, 11) is 0. The average molecular weight is 256 g/mol. The number of halogens is 2. The van der Waals surface area contributed by atoms with E-state index in [0.717, 1.165) is 23.9 Å². The third-order valence-electron chi connectivity index (χ3n) is 1.92. The fourth-order valence-electron chi connectivity index (χ4n) is 1.18. The molecule has 0 atom stereocenters. The lowest BCUT2D eigenvalue weighted by Crippen LogP contribution is -2.00.